The van der Waals surface area contributed by atoms with Gasteiger partial charge >= 0.3 is 0 Å². The molecular formula is C15H21N3O. The average molecular weight is 259 g/mol. The Labute approximate surface area is 113 Å². The molecule has 0 N–H and O–H groups in total. The molecule has 4 nitrogen and oxygen atoms in total. The zero-order chi connectivity index (χ0) is 13.1. The van der Waals surface area contributed by atoms with Gasteiger partial charge in [0.05, 0.1) is 11.2 Å². The van der Waals surface area contributed by atoms with Crippen molar-refractivity contribution in [3.8, 4) is 0 Å². The molecule has 0 aromatic carbocycles. The van der Waals surface area contributed by atoms with Crippen LogP contribution in [0.4, 0.5) is 0 Å². The molecule has 1 fully saturated rings. The van der Waals surface area contributed by atoms with Crippen LogP contribution in [0.3, 0.4) is 0 Å². The first-order valence-corrected chi connectivity index (χ1v) is 7.33. The Kier molecular flexibility index (Phi) is 3.78. The van der Waals surface area contributed by atoms with Crippen molar-refractivity contribution in [2.45, 2.75) is 51.7 Å². The second kappa shape index (κ2) is 5.70. The maximum Gasteiger partial charge on any atom is 0.150 e. The summed E-state index contributed by atoms with van der Waals surface area (Å²) in [6, 6.07) is 2.05. The van der Waals surface area contributed by atoms with Gasteiger partial charge in [0.25, 0.3) is 0 Å². The number of nitrogens with zero attached hydrogens (tertiary/aromatic N) is 3. The summed E-state index contributed by atoms with van der Waals surface area (Å²) in [5, 5.41) is 5.99. The molecule has 0 spiro atoms. The topological polar surface area (TPSA) is 39.9 Å². The van der Waals surface area contributed by atoms with Crippen LogP contribution in [0.15, 0.2) is 18.5 Å². The van der Waals surface area contributed by atoms with Crippen molar-refractivity contribution >= 4 is 10.9 Å². The van der Waals surface area contributed by atoms with Gasteiger partial charge in [0, 0.05) is 24.4 Å². The first-order chi connectivity index (χ1) is 9.40. The van der Waals surface area contributed by atoms with Gasteiger partial charge in [-0.25, -0.2) is 4.68 Å². The third-order valence-corrected chi connectivity index (χ3v) is 3.78. The highest BCUT2D eigenvalue weighted by molar-refractivity contribution is 5.81. The molecule has 2 aromatic rings. The summed E-state index contributed by atoms with van der Waals surface area (Å²) in [7, 11) is 0. The molecule has 0 radical (unpaired) electrons. The van der Waals surface area contributed by atoms with Crippen molar-refractivity contribution in [2.24, 2.45) is 0 Å². The van der Waals surface area contributed by atoms with Gasteiger partial charge in [-0.1, -0.05) is 13.3 Å². The standard InChI is InChI=1S/C15H21N3O/c1-2-3-6-13-12-11-16-9-8-14(12)18(17-13)15-7-4-5-10-19-15/h8-9,11,15H,2-7,10H2,1H3. The van der Waals surface area contributed by atoms with Gasteiger partial charge in [-0.15, -0.1) is 0 Å². The summed E-state index contributed by atoms with van der Waals surface area (Å²) in [5.74, 6) is 0. The van der Waals surface area contributed by atoms with Crippen molar-refractivity contribution in [3.05, 3.63) is 24.2 Å². The largest absolute Gasteiger partial charge is 0.356 e. The van der Waals surface area contributed by atoms with E-state index in [-0.39, 0.29) is 6.23 Å². The number of fused-ring (bicyclic) bond motifs is 1. The van der Waals surface area contributed by atoms with Crippen molar-refractivity contribution in [2.75, 3.05) is 6.61 Å². The van der Waals surface area contributed by atoms with E-state index in [4.69, 9.17) is 9.84 Å². The Hall–Kier alpha value is -1.42. The van der Waals surface area contributed by atoms with Gasteiger partial charge in [0.1, 0.15) is 0 Å². The molecule has 0 amide bonds. The van der Waals surface area contributed by atoms with E-state index >= 15 is 0 Å². The van der Waals surface area contributed by atoms with Crippen LogP contribution in [0.5, 0.6) is 0 Å². The Morgan fingerprint density at radius 2 is 2.37 bits per heavy atom. The Bertz CT molecular complexity index is 543. The first kappa shape index (κ1) is 12.6. The molecule has 1 unspecified atom stereocenters. The summed E-state index contributed by atoms with van der Waals surface area (Å²) >= 11 is 0. The van der Waals surface area contributed by atoms with E-state index in [2.05, 4.69) is 22.7 Å². The lowest BCUT2D eigenvalue weighted by molar-refractivity contribution is -0.0368. The Morgan fingerprint density at radius 3 is 3.16 bits per heavy atom. The lowest BCUT2D eigenvalue weighted by Crippen LogP contribution is -2.19. The van der Waals surface area contributed by atoms with Crippen LogP contribution in [0.1, 0.15) is 50.9 Å². The van der Waals surface area contributed by atoms with Crippen molar-refractivity contribution in [1.29, 1.82) is 0 Å². The highest BCUT2D eigenvalue weighted by Crippen LogP contribution is 2.28. The smallest absolute Gasteiger partial charge is 0.150 e. The fourth-order valence-electron chi connectivity index (χ4n) is 2.71. The van der Waals surface area contributed by atoms with E-state index in [1.807, 2.05) is 12.4 Å². The molecule has 19 heavy (non-hydrogen) atoms. The van der Waals surface area contributed by atoms with Gasteiger partial charge in [0.15, 0.2) is 6.23 Å². The minimum absolute atomic E-state index is 0.106. The third kappa shape index (κ3) is 2.50. The summed E-state index contributed by atoms with van der Waals surface area (Å²) in [6.45, 7) is 3.06. The molecule has 4 heteroatoms. The zero-order valence-electron chi connectivity index (χ0n) is 11.5. The van der Waals surface area contributed by atoms with Crippen LogP contribution in [-0.2, 0) is 11.2 Å². The second-order valence-electron chi connectivity index (χ2n) is 5.21. The number of aryl methyl sites for hydroxylation is 1. The molecular weight excluding hydrogens is 238 g/mol. The molecule has 3 heterocycles. The monoisotopic (exact) mass is 259 g/mol. The normalized spacial score (nSPS) is 19.9. The van der Waals surface area contributed by atoms with E-state index in [0.717, 1.165) is 25.0 Å². The maximum atomic E-state index is 5.87. The van der Waals surface area contributed by atoms with E-state index < -0.39 is 0 Å². The van der Waals surface area contributed by atoms with Gasteiger partial charge in [-0.3, -0.25) is 4.98 Å². The van der Waals surface area contributed by atoms with Crippen LogP contribution in [0.2, 0.25) is 0 Å². The van der Waals surface area contributed by atoms with Crippen LogP contribution in [0.25, 0.3) is 10.9 Å². The molecule has 3 rings (SSSR count). The lowest BCUT2D eigenvalue weighted by atomic mass is 10.1. The van der Waals surface area contributed by atoms with Crippen LogP contribution < -0.4 is 0 Å². The first-order valence-electron chi connectivity index (χ1n) is 7.33. The van der Waals surface area contributed by atoms with E-state index in [1.54, 1.807) is 0 Å². The number of hydrogen-bond acceptors (Lipinski definition) is 3. The van der Waals surface area contributed by atoms with Crippen LogP contribution >= 0.6 is 0 Å². The predicted octanol–water partition coefficient (Wildman–Crippen LogP) is 3.47. The number of rotatable bonds is 4. The minimum atomic E-state index is 0.106. The zero-order valence-corrected chi connectivity index (χ0v) is 11.5. The quantitative estimate of drug-likeness (QED) is 0.844. The number of pyridine rings is 1. The van der Waals surface area contributed by atoms with Crippen molar-refractivity contribution in [3.63, 3.8) is 0 Å². The number of unbranched alkanes of at least 4 members (excludes halogenated alkanes) is 1. The van der Waals surface area contributed by atoms with Crippen molar-refractivity contribution < 1.29 is 4.74 Å². The highest BCUT2D eigenvalue weighted by atomic mass is 16.5. The Morgan fingerprint density at radius 1 is 1.42 bits per heavy atom. The third-order valence-electron chi connectivity index (χ3n) is 3.78. The summed E-state index contributed by atoms with van der Waals surface area (Å²) in [5.41, 5.74) is 2.33. The van der Waals surface area contributed by atoms with Crippen LogP contribution in [-0.4, -0.2) is 21.4 Å². The molecule has 0 aliphatic carbocycles. The summed E-state index contributed by atoms with van der Waals surface area (Å²) in [4.78, 5) is 4.25. The molecule has 1 aliphatic heterocycles. The van der Waals surface area contributed by atoms with Gasteiger partial charge in [-0.05, 0) is 38.2 Å². The molecule has 0 bridgehead atoms. The van der Waals surface area contributed by atoms with Gasteiger partial charge in [-0.2, -0.15) is 5.10 Å². The molecule has 1 saturated heterocycles. The lowest BCUT2D eigenvalue weighted by Gasteiger charge is -2.23. The van der Waals surface area contributed by atoms with Gasteiger partial charge in [0.2, 0.25) is 0 Å². The van der Waals surface area contributed by atoms with Crippen molar-refractivity contribution in [1.82, 2.24) is 14.8 Å². The second-order valence-corrected chi connectivity index (χ2v) is 5.21. The highest BCUT2D eigenvalue weighted by Gasteiger charge is 2.20. The molecule has 0 saturated carbocycles. The number of ether oxygens (including phenoxy) is 1. The molecule has 102 valence electrons. The molecule has 2 aromatic heterocycles. The van der Waals surface area contributed by atoms with E-state index in [9.17, 15) is 0 Å². The number of aromatic nitrogens is 3. The Balaban J connectivity index is 1.98. The number of hydrogen-bond donors (Lipinski definition) is 0. The van der Waals surface area contributed by atoms with E-state index in [0.29, 0.717) is 0 Å². The predicted molar refractivity (Wildman–Crippen MR) is 75.0 cm³/mol. The fourth-order valence-corrected chi connectivity index (χ4v) is 2.71. The SMILES string of the molecule is CCCCc1nn(C2CCCCO2)c2ccncc12. The molecule has 1 atom stereocenters. The fraction of sp³-hybridized carbons (Fsp3) is 0.600. The van der Waals surface area contributed by atoms with E-state index in [1.165, 1.54) is 36.8 Å². The summed E-state index contributed by atoms with van der Waals surface area (Å²) in [6.07, 6.45) is 10.7. The minimum Gasteiger partial charge on any atom is -0.356 e. The maximum absolute atomic E-state index is 5.87. The average Bonchev–Trinajstić information content (AvgIpc) is 2.85. The van der Waals surface area contributed by atoms with Crippen LogP contribution in [0, 0.1) is 0 Å². The summed E-state index contributed by atoms with van der Waals surface area (Å²) < 4.78 is 7.94. The van der Waals surface area contributed by atoms with Gasteiger partial charge < -0.3 is 4.74 Å². The molecule has 1 aliphatic rings.